The molecule has 0 spiro atoms. The molecule has 0 N–H and O–H groups in total. The average Bonchev–Trinajstić information content (AvgIpc) is 2.55. The largest absolute Gasteiger partial charge is 0.465 e. The maximum absolute atomic E-state index is 11.2. The first-order valence-corrected chi connectivity index (χ1v) is 5.17. The highest BCUT2D eigenvalue weighted by molar-refractivity contribution is 7.22. The Morgan fingerprint density at radius 3 is 2.93 bits per heavy atom. The van der Waals surface area contributed by atoms with Crippen LogP contribution in [0, 0.1) is 0 Å². The van der Waals surface area contributed by atoms with Crippen molar-refractivity contribution in [3.05, 3.63) is 34.2 Å². The van der Waals surface area contributed by atoms with Crippen molar-refractivity contribution >= 4 is 39.0 Å². The molecule has 1 aromatic carbocycles. The molecule has 4 heteroatoms. The number of halogens is 1. The van der Waals surface area contributed by atoms with Crippen LogP contribution >= 0.6 is 22.9 Å². The zero-order valence-electron chi connectivity index (χ0n) is 7.41. The lowest BCUT2D eigenvalue weighted by atomic mass is 10.2. The van der Waals surface area contributed by atoms with E-state index >= 15 is 0 Å². The second kappa shape index (κ2) is 3.59. The normalized spacial score (nSPS) is 10.4. The standard InChI is InChI=1S/C10H7ClO2S/c1-13-10(12)7-3-2-6-5-9(11)14-8(6)4-7/h2-5H,1H3. The lowest BCUT2D eigenvalue weighted by Crippen LogP contribution is -1.99. The molecule has 2 aromatic rings. The van der Waals surface area contributed by atoms with Gasteiger partial charge in [0.25, 0.3) is 0 Å². The number of hydrogen-bond donors (Lipinski definition) is 0. The average molecular weight is 227 g/mol. The minimum Gasteiger partial charge on any atom is -0.465 e. The first-order chi connectivity index (χ1) is 6.70. The van der Waals surface area contributed by atoms with Crippen molar-refractivity contribution in [1.82, 2.24) is 0 Å². The van der Waals surface area contributed by atoms with Gasteiger partial charge in [0.1, 0.15) is 0 Å². The van der Waals surface area contributed by atoms with Gasteiger partial charge in [0, 0.05) is 4.70 Å². The van der Waals surface area contributed by atoms with E-state index in [0.29, 0.717) is 5.56 Å². The van der Waals surface area contributed by atoms with Crippen molar-refractivity contribution < 1.29 is 9.53 Å². The monoisotopic (exact) mass is 226 g/mol. The molecule has 1 heterocycles. The van der Waals surface area contributed by atoms with Gasteiger partial charge in [-0.25, -0.2) is 4.79 Å². The summed E-state index contributed by atoms with van der Waals surface area (Å²) >= 11 is 7.30. The molecule has 0 aliphatic heterocycles. The summed E-state index contributed by atoms with van der Waals surface area (Å²) < 4.78 is 6.35. The van der Waals surface area contributed by atoms with Crippen LogP contribution in [0.15, 0.2) is 24.3 Å². The van der Waals surface area contributed by atoms with Crippen molar-refractivity contribution in [2.75, 3.05) is 7.11 Å². The lowest BCUT2D eigenvalue weighted by Gasteiger charge is -1.97. The fraction of sp³-hybridized carbons (Fsp3) is 0.100. The maximum atomic E-state index is 11.2. The molecule has 72 valence electrons. The summed E-state index contributed by atoms with van der Waals surface area (Å²) in [5.41, 5.74) is 0.554. The van der Waals surface area contributed by atoms with Gasteiger partial charge in [0.2, 0.25) is 0 Å². The molecular weight excluding hydrogens is 220 g/mol. The first kappa shape index (κ1) is 9.49. The topological polar surface area (TPSA) is 26.3 Å². The van der Waals surface area contributed by atoms with Gasteiger partial charge < -0.3 is 4.74 Å². The fourth-order valence-corrected chi connectivity index (χ4v) is 2.44. The molecule has 0 bridgehead atoms. The Balaban J connectivity index is 2.55. The van der Waals surface area contributed by atoms with Crippen LogP contribution in [0.4, 0.5) is 0 Å². The molecule has 0 radical (unpaired) electrons. The van der Waals surface area contributed by atoms with Crippen LogP contribution in [0.5, 0.6) is 0 Å². The van der Waals surface area contributed by atoms with Crippen LogP contribution < -0.4 is 0 Å². The van der Waals surface area contributed by atoms with Crippen LogP contribution in [0.2, 0.25) is 4.34 Å². The second-order valence-electron chi connectivity index (χ2n) is 2.79. The third-order valence-electron chi connectivity index (χ3n) is 1.91. The van der Waals surface area contributed by atoms with E-state index in [1.54, 1.807) is 12.1 Å². The van der Waals surface area contributed by atoms with Gasteiger partial charge in [0.15, 0.2) is 0 Å². The molecule has 2 nitrogen and oxygen atoms in total. The number of fused-ring (bicyclic) bond motifs is 1. The predicted octanol–water partition coefficient (Wildman–Crippen LogP) is 3.34. The summed E-state index contributed by atoms with van der Waals surface area (Å²) in [7, 11) is 1.37. The number of benzene rings is 1. The lowest BCUT2D eigenvalue weighted by molar-refractivity contribution is 0.0601. The number of esters is 1. The summed E-state index contributed by atoms with van der Waals surface area (Å²) in [4.78, 5) is 11.2. The Labute approximate surface area is 90.1 Å². The van der Waals surface area contributed by atoms with Crippen LogP contribution in [0.25, 0.3) is 10.1 Å². The molecule has 0 fully saturated rings. The maximum Gasteiger partial charge on any atom is 0.337 e. The molecule has 1 aromatic heterocycles. The Morgan fingerprint density at radius 2 is 2.21 bits per heavy atom. The van der Waals surface area contributed by atoms with Crippen LogP contribution in [-0.2, 0) is 4.74 Å². The van der Waals surface area contributed by atoms with E-state index in [-0.39, 0.29) is 5.97 Å². The second-order valence-corrected chi connectivity index (χ2v) is 4.51. The van der Waals surface area contributed by atoms with Crippen molar-refractivity contribution in [3.8, 4) is 0 Å². The van der Waals surface area contributed by atoms with Crippen LogP contribution in [-0.4, -0.2) is 13.1 Å². The Hall–Kier alpha value is -1.06. The summed E-state index contributed by atoms with van der Waals surface area (Å²) in [5, 5.41) is 1.05. The zero-order chi connectivity index (χ0) is 10.1. The van der Waals surface area contributed by atoms with Gasteiger partial charge in [-0.15, -0.1) is 11.3 Å². The quantitative estimate of drug-likeness (QED) is 0.698. The van der Waals surface area contributed by atoms with E-state index in [0.717, 1.165) is 14.4 Å². The highest BCUT2D eigenvalue weighted by atomic mass is 35.5. The smallest absolute Gasteiger partial charge is 0.337 e. The molecular formula is C10H7ClO2S. The van der Waals surface area contributed by atoms with E-state index in [2.05, 4.69) is 4.74 Å². The van der Waals surface area contributed by atoms with Crippen LogP contribution in [0.3, 0.4) is 0 Å². The number of rotatable bonds is 1. The van der Waals surface area contributed by atoms with Crippen molar-refractivity contribution in [3.63, 3.8) is 0 Å². The van der Waals surface area contributed by atoms with E-state index < -0.39 is 0 Å². The first-order valence-electron chi connectivity index (χ1n) is 3.98. The van der Waals surface area contributed by atoms with Gasteiger partial charge in [-0.2, -0.15) is 0 Å². The third kappa shape index (κ3) is 1.61. The number of thiophene rings is 1. The zero-order valence-corrected chi connectivity index (χ0v) is 8.98. The van der Waals surface area contributed by atoms with Crippen LogP contribution in [0.1, 0.15) is 10.4 Å². The van der Waals surface area contributed by atoms with E-state index in [9.17, 15) is 4.79 Å². The number of ether oxygens (including phenoxy) is 1. The molecule has 0 atom stereocenters. The number of carbonyl (C=O) groups is 1. The van der Waals surface area contributed by atoms with Crippen molar-refractivity contribution in [2.45, 2.75) is 0 Å². The molecule has 0 aliphatic rings. The Morgan fingerprint density at radius 1 is 1.43 bits per heavy atom. The summed E-state index contributed by atoms with van der Waals surface area (Å²) in [5.74, 6) is -0.323. The van der Waals surface area contributed by atoms with Crippen molar-refractivity contribution in [2.24, 2.45) is 0 Å². The minimum atomic E-state index is -0.323. The molecule has 0 saturated carbocycles. The number of methoxy groups -OCH3 is 1. The van der Waals surface area contributed by atoms with Gasteiger partial charge in [-0.3, -0.25) is 0 Å². The Kier molecular flexibility index (Phi) is 2.44. The van der Waals surface area contributed by atoms with E-state index in [1.807, 2.05) is 12.1 Å². The fourth-order valence-electron chi connectivity index (χ4n) is 1.24. The third-order valence-corrected chi connectivity index (χ3v) is 3.14. The summed E-state index contributed by atoms with van der Waals surface area (Å²) in [6.07, 6.45) is 0. The molecule has 0 saturated heterocycles. The highest BCUT2D eigenvalue weighted by Gasteiger charge is 2.07. The summed E-state index contributed by atoms with van der Waals surface area (Å²) in [6.45, 7) is 0. The molecule has 0 amide bonds. The molecule has 0 aliphatic carbocycles. The van der Waals surface area contributed by atoms with Crippen molar-refractivity contribution in [1.29, 1.82) is 0 Å². The van der Waals surface area contributed by atoms with E-state index in [1.165, 1.54) is 18.4 Å². The number of hydrogen-bond acceptors (Lipinski definition) is 3. The minimum absolute atomic E-state index is 0.323. The Bertz CT molecular complexity index is 490. The molecule has 2 rings (SSSR count). The number of carbonyl (C=O) groups excluding carboxylic acids is 1. The van der Waals surface area contributed by atoms with Gasteiger partial charge in [0.05, 0.1) is 17.0 Å². The van der Waals surface area contributed by atoms with Gasteiger partial charge in [-0.05, 0) is 23.6 Å². The van der Waals surface area contributed by atoms with Gasteiger partial charge >= 0.3 is 5.97 Å². The van der Waals surface area contributed by atoms with E-state index in [4.69, 9.17) is 11.6 Å². The SMILES string of the molecule is COC(=O)c1ccc2cc(Cl)sc2c1. The highest BCUT2D eigenvalue weighted by Crippen LogP contribution is 2.29. The molecule has 14 heavy (non-hydrogen) atoms. The van der Waals surface area contributed by atoms with Gasteiger partial charge in [-0.1, -0.05) is 17.7 Å². The summed E-state index contributed by atoms with van der Waals surface area (Å²) in [6, 6.07) is 7.27. The molecule has 0 unspecified atom stereocenters. The predicted molar refractivity (Wildman–Crippen MR) is 58.2 cm³/mol.